The second-order valence-corrected chi connectivity index (χ2v) is 3.05. The average Bonchev–Trinajstić information content (AvgIpc) is 2.11. The van der Waals surface area contributed by atoms with Crippen molar-refractivity contribution in [1.29, 1.82) is 5.26 Å². The van der Waals surface area contributed by atoms with Gasteiger partial charge in [-0.1, -0.05) is 13.3 Å². The van der Waals surface area contributed by atoms with Gasteiger partial charge in [-0.15, -0.1) is 0 Å². The van der Waals surface area contributed by atoms with E-state index in [0.29, 0.717) is 5.92 Å². The summed E-state index contributed by atoms with van der Waals surface area (Å²) in [6.07, 6.45) is 1.87. The third-order valence-electron chi connectivity index (χ3n) is 2.02. The van der Waals surface area contributed by atoms with Gasteiger partial charge in [0.1, 0.15) is 0 Å². The predicted octanol–water partition coefficient (Wildman–Crippen LogP) is 0.897. The van der Waals surface area contributed by atoms with Gasteiger partial charge in [0.2, 0.25) is 0 Å². The number of nitrogens with zero attached hydrogens (tertiary/aromatic N) is 1. The third-order valence-corrected chi connectivity index (χ3v) is 2.02. The molecule has 0 spiro atoms. The maximum Gasteiger partial charge on any atom is 0.0924 e. The highest BCUT2D eigenvalue weighted by Gasteiger charge is 2.06. The van der Waals surface area contributed by atoms with E-state index in [0.717, 1.165) is 19.4 Å². The molecular formula is C9H18N2O. The molecule has 0 aliphatic heterocycles. The molecule has 0 radical (unpaired) electrons. The molecule has 0 saturated carbocycles. The molecular weight excluding hydrogens is 152 g/mol. The lowest BCUT2D eigenvalue weighted by Crippen LogP contribution is -2.30. The summed E-state index contributed by atoms with van der Waals surface area (Å²) in [4.78, 5) is 0. The summed E-state index contributed by atoms with van der Waals surface area (Å²) >= 11 is 0. The number of aliphatic hydroxyl groups excluding tert-OH is 1. The SMILES string of the molecule is CCC(CCO)CNC(C)C#N. The summed E-state index contributed by atoms with van der Waals surface area (Å²) in [7, 11) is 0. The van der Waals surface area contributed by atoms with Crippen LogP contribution in [0.5, 0.6) is 0 Å². The topological polar surface area (TPSA) is 56.0 Å². The molecule has 2 atom stereocenters. The molecule has 2 unspecified atom stereocenters. The number of nitrogens with one attached hydrogen (secondary N) is 1. The lowest BCUT2D eigenvalue weighted by molar-refractivity contribution is 0.250. The molecule has 0 aromatic rings. The lowest BCUT2D eigenvalue weighted by Gasteiger charge is -2.14. The molecule has 0 rings (SSSR count). The summed E-state index contributed by atoms with van der Waals surface area (Å²) < 4.78 is 0. The van der Waals surface area contributed by atoms with Crippen LogP contribution >= 0.6 is 0 Å². The molecule has 3 nitrogen and oxygen atoms in total. The molecule has 3 heteroatoms. The molecule has 0 heterocycles. The van der Waals surface area contributed by atoms with Crippen molar-refractivity contribution in [3.05, 3.63) is 0 Å². The predicted molar refractivity (Wildman–Crippen MR) is 48.6 cm³/mol. The van der Waals surface area contributed by atoms with Crippen molar-refractivity contribution >= 4 is 0 Å². The van der Waals surface area contributed by atoms with Crippen molar-refractivity contribution in [2.45, 2.75) is 32.7 Å². The van der Waals surface area contributed by atoms with Gasteiger partial charge in [-0.2, -0.15) is 5.26 Å². The second kappa shape index (κ2) is 7.08. The maximum absolute atomic E-state index is 8.70. The van der Waals surface area contributed by atoms with Crippen LogP contribution in [0.2, 0.25) is 0 Å². The molecule has 0 amide bonds. The summed E-state index contributed by atoms with van der Waals surface area (Å²) in [5.74, 6) is 0.491. The first-order valence-electron chi connectivity index (χ1n) is 4.48. The minimum absolute atomic E-state index is 0.0854. The summed E-state index contributed by atoms with van der Waals surface area (Å²) in [5, 5.41) is 20.3. The molecule has 70 valence electrons. The highest BCUT2D eigenvalue weighted by molar-refractivity contribution is 4.85. The Morgan fingerprint density at radius 2 is 2.25 bits per heavy atom. The Balaban J connectivity index is 3.51. The first kappa shape index (κ1) is 11.4. The number of nitriles is 1. The average molecular weight is 170 g/mol. The summed E-state index contributed by atoms with van der Waals surface area (Å²) in [6.45, 7) is 5.00. The van der Waals surface area contributed by atoms with E-state index in [-0.39, 0.29) is 12.6 Å². The van der Waals surface area contributed by atoms with Crippen LogP contribution in [0.4, 0.5) is 0 Å². The molecule has 0 aromatic carbocycles. The lowest BCUT2D eigenvalue weighted by atomic mass is 10.0. The number of rotatable bonds is 6. The van der Waals surface area contributed by atoms with Crippen molar-refractivity contribution in [2.75, 3.05) is 13.2 Å². The molecule has 2 N–H and O–H groups in total. The van der Waals surface area contributed by atoms with Crippen molar-refractivity contribution in [2.24, 2.45) is 5.92 Å². The van der Waals surface area contributed by atoms with Crippen LogP contribution in [-0.4, -0.2) is 24.3 Å². The van der Waals surface area contributed by atoms with Crippen LogP contribution in [-0.2, 0) is 0 Å². The van der Waals surface area contributed by atoms with E-state index in [2.05, 4.69) is 18.3 Å². The van der Waals surface area contributed by atoms with Crippen molar-refractivity contribution in [3.63, 3.8) is 0 Å². The molecule has 0 aromatic heterocycles. The first-order valence-corrected chi connectivity index (χ1v) is 4.48. The van der Waals surface area contributed by atoms with Crippen molar-refractivity contribution in [1.82, 2.24) is 5.32 Å². The highest BCUT2D eigenvalue weighted by atomic mass is 16.3. The quantitative estimate of drug-likeness (QED) is 0.622. The van der Waals surface area contributed by atoms with Crippen LogP contribution in [0.1, 0.15) is 26.7 Å². The van der Waals surface area contributed by atoms with Gasteiger partial charge in [0.05, 0.1) is 12.1 Å². The molecule has 0 bridgehead atoms. The van der Waals surface area contributed by atoms with Crippen LogP contribution in [0.3, 0.4) is 0 Å². The van der Waals surface area contributed by atoms with Gasteiger partial charge in [-0.25, -0.2) is 0 Å². The van der Waals surface area contributed by atoms with E-state index in [4.69, 9.17) is 10.4 Å². The molecule has 0 aliphatic carbocycles. The fraction of sp³-hybridized carbons (Fsp3) is 0.889. The van der Waals surface area contributed by atoms with Gasteiger partial charge in [0.15, 0.2) is 0 Å². The van der Waals surface area contributed by atoms with Crippen LogP contribution in [0, 0.1) is 17.2 Å². The zero-order valence-corrected chi connectivity index (χ0v) is 7.88. The highest BCUT2D eigenvalue weighted by Crippen LogP contribution is 2.05. The van der Waals surface area contributed by atoms with Gasteiger partial charge in [0, 0.05) is 6.61 Å². The normalized spacial score (nSPS) is 15.2. The Hall–Kier alpha value is -0.590. The van der Waals surface area contributed by atoms with E-state index in [1.165, 1.54) is 0 Å². The standard InChI is InChI=1S/C9H18N2O/c1-3-9(4-5-12)7-11-8(2)6-10/h8-9,11-12H,3-5,7H2,1-2H3. The molecule has 0 fully saturated rings. The van der Waals surface area contributed by atoms with Crippen molar-refractivity contribution < 1.29 is 5.11 Å². The van der Waals surface area contributed by atoms with E-state index in [1.54, 1.807) is 0 Å². The molecule has 0 aliphatic rings. The largest absolute Gasteiger partial charge is 0.396 e. The number of aliphatic hydroxyl groups is 1. The zero-order chi connectivity index (χ0) is 9.40. The second-order valence-electron chi connectivity index (χ2n) is 3.05. The summed E-state index contributed by atoms with van der Waals surface area (Å²) in [6, 6.07) is 2.03. The van der Waals surface area contributed by atoms with E-state index in [9.17, 15) is 0 Å². The van der Waals surface area contributed by atoms with Gasteiger partial charge in [-0.3, -0.25) is 0 Å². The Labute approximate surface area is 74.4 Å². The Bertz CT molecular complexity index is 142. The fourth-order valence-electron chi connectivity index (χ4n) is 1.02. The van der Waals surface area contributed by atoms with Crippen LogP contribution in [0.15, 0.2) is 0 Å². The minimum Gasteiger partial charge on any atom is -0.396 e. The van der Waals surface area contributed by atoms with Crippen molar-refractivity contribution in [3.8, 4) is 6.07 Å². The van der Waals surface area contributed by atoms with Gasteiger partial charge < -0.3 is 10.4 Å². The Morgan fingerprint density at radius 1 is 1.58 bits per heavy atom. The van der Waals surface area contributed by atoms with Crippen LogP contribution < -0.4 is 5.32 Å². The van der Waals surface area contributed by atoms with Gasteiger partial charge >= 0.3 is 0 Å². The van der Waals surface area contributed by atoms with E-state index < -0.39 is 0 Å². The van der Waals surface area contributed by atoms with Gasteiger partial charge in [0.25, 0.3) is 0 Å². The third kappa shape index (κ3) is 5.11. The summed E-state index contributed by atoms with van der Waals surface area (Å²) in [5.41, 5.74) is 0. The molecule has 0 saturated heterocycles. The maximum atomic E-state index is 8.70. The minimum atomic E-state index is -0.0854. The van der Waals surface area contributed by atoms with Gasteiger partial charge in [-0.05, 0) is 25.8 Å². The molecule has 12 heavy (non-hydrogen) atoms. The zero-order valence-electron chi connectivity index (χ0n) is 7.88. The number of hydrogen-bond acceptors (Lipinski definition) is 3. The van der Waals surface area contributed by atoms with Crippen LogP contribution in [0.25, 0.3) is 0 Å². The monoisotopic (exact) mass is 170 g/mol. The van der Waals surface area contributed by atoms with E-state index in [1.807, 2.05) is 6.92 Å². The Kier molecular flexibility index (Phi) is 6.73. The number of hydrogen-bond donors (Lipinski definition) is 2. The first-order chi connectivity index (χ1) is 5.74. The van der Waals surface area contributed by atoms with E-state index >= 15 is 0 Å². The fourth-order valence-corrected chi connectivity index (χ4v) is 1.02. The Morgan fingerprint density at radius 3 is 2.67 bits per heavy atom. The smallest absolute Gasteiger partial charge is 0.0924 e.